The predicted molar refractivity (Wildman–Crippen MR) is 113 cm³/mol. The SMILES string of the molecule is CCOC(=O)c1c(C)n(-c2ccccc2Cl)c2c1c(C)c(O)c1ccccc12. The minimum atomic E-state index is -0.409. The first kappa shape index (κ1) is 18.4. The average Bonchev–Trinajstić information content (AvgIpc) is 3.00. The third-order valence-electron chi connectivity index (χ3n) is 5.15. The fourth-order valence-corrected chi connectivity index (χ4v) is 4.13. The normalized spacial score (nSPS) is 11.3. The molecule has 0 aliphatic heterocycles. The Morgan fingerprint density at radius 1 is 1.07 bits per heavy atom. The molecule has 1 N–H and O–H groups in total. The molecule has 0 fully saturated rings. The third-order valence-corrected chi connectivity index (χ3v) is 5.47. The van der Waals surface area contributed by atoms with Gasteiger partial charge in [0.25, 0.3) is 0 Å². The van der Waals surface area contributed by atoms with E-state index in [1.165, 1.54) is 0 Å². The van der Waals surface area contributed by atoms with Gasteiger partial charge in [-0.05, 0) is 32.9 Å². The van der Waals surface area contributed by atoms with Crippen molar-refractivity contribution in [1.82, 2.24) is 4.57 Å². The number of carbonyl (C=O) groups excluding carboxylic acids is 1. The molecule has 0 atom stereocenters. The number of aryl methyl sites for hydroxylation is 1. The molecule has 0 aliphatic rings. The van der Waals surface area contributed by atoms with Crippen molar-refractivity contribution in [2.75, 3.05) is 6.61 Å². The molecule has 0 saturated carbocycles. The van der Waals surface area contributed by atoms with E-state index in [2.05, 4.69) is 0 Å². The summed E-state index contributed by atoms with van der Waals surface area (Å²) in [5, 5.41) is 13.7. The second kappa shape index (κ2) is 6.88. The number of benzene rings is 3. The zero-order valence-electron chi connectivity index (χ0n) is 15.9. The highest BCUT2D eigenvalue weighted by Gasteiger charge is 2.27. The summed E-state index contributed by atoms with van der Waals surface area (Å²) in [7, 11) is 0. The number of fused-ring (bicyclic) bond motifs is 3. The first-order chi connectivity index (χ1) is 13.5. The van der Waals surface area contributed by atoms with Gasteiger partial charge in [0.15, 0.2) is 0 Å². The first-order valence-electron chi connectivity index (χ1n) is 9.14. The minimum absolute atomic E-state index is 0.171. The van der Waals surface area contributed by atoms with Crippen LogP contribution in [0.15, 0.2) is 48.5 Å². The maximum atomic E-state index is 12.9. The molecule has 0 saturated heterocycles. The summed E-state index contributed by atoms with van der Waals surface area (Å²) in [6, 6.07) is 15.1. The molecule has 0 bridgehead atoms. The molecule has 4 aromatic rings. The van der Waals surface area contributed by atoms with Crippen molar-refractivity contribution in [3.8, 4) is 11.4 Å². The van der Waals surface area contributed by atoms with Crippen molar-refractivity contribution in [3.05, 3.63) is 70.4 Å². The van der Waals surface area contributed by atoms with E-state index < -0.39 is 5.97 Å². The number of esters is 1. The highest BCUT2D eigenvalue weighted by molar-refractivity contribution is 6.32. The molecule has 0 aliphatic carbocycles. The van der Waals surface area contributed by atoms with E-state index in [0.29, 0.717) is 21.5 Å². The van der Waals surface area contributed by atoms with Gasteiger partial charge in [0.05, 0.1) is 28.4 Å². The van der Waals surface area contributed by atoms with E-state index in [9.17, 15) is 9.90 Å². The number of para-hydroxylation sites is 1. The second-order valence-corrected chi connectivity index (χ2v) is 7.12. The van der Waals surface area contributed by atoms with E-state index in [-0.39, 0.29) is 12.4 Å². The lowest BCUT2D eigenvalue weighted by atomic mass is 9.98. The van der Waals surface area contributed by atoms with Gasteiger partial charge in [-0.1, -0.05) is 48.0 Å². The molecule has 3 aromatic carbocycles. The number of hydrogen-bond donors (Lipinski definition) is 1. The van der Waals surface area contributed by atoms with Crippen LogP contribution in [0.2, 0.25) is 5.02 Å². The van der Waals surface area contributed by atoms with Gasteiger partial charge < -0.3 is 14.4 Å². The van der Waals surface area contributed by atoms with Gasteiger partial charge in [0.2, 0.25) is 0 Å². The summed E-state index contributed by atoms with van der Waals surface area (Å²) >= 11 is 6.52. The summed E-state index contributed by atoms with van der Waals surface area (Å²) in [5.41, 5.74) is 3.43. The summed E-state index contributed by atoms with van der Waals surface area (Å²) in [6.07, 6.45) is 0. The first-order valence-corrected chi connectivity index (χ1v) is 9.52. The van der Waals surface area contributed by atoms with Crippen LogP contribution in [-0.4, -0.2) is 22.2 Å². The van der Waals surface area contributed by atoms with E-state index in [1.807, 2.05) is 66.9 Å². The summed E-state index contributed by atoms with van der Waals surface area (Å²) in [4.78, 5) is 12.9. The quantitative estimate of drug-likeness (QED) is 0.438. The van der Waals surface area contributed by atoms with Crippen molar-refractivity contribution in [2.45, 2.75) is 20.8 Å². The maximum Gasteiger partial charge on any atom is 0.340 e. The summed E-state index contributed by atoms with van der Waals surface area (Å²) < 4.78 is 7.32. The highest BCUT2D eigenvalue weighted by Crippen LogP contribution is 2.43. The monoisotopic (exact) mass is 393 g/mol. The van der Waals surface area contributed by atoms with Crippen molar-refractivity contribution in [1.29, 1.82) is 0 Å². The molecule has 1 heterocycles. The summed E-state index contributed by atoms with van der Waals surface area (Å²) in [6.45, 7) is 5.75. The Kier molecular flexibility index (Phi) is 4.52. The van der Waals surface area contributed by atoms with Crippen LogP contribution in [0.5, 0.6) is 5.75 Å². The van der Waals surface area contributed by atoms with Crippen LogP contribution in [0.3, 0.4) is 0 Å². The predicted octanol–water partition coefficient (Wildman–Crippen LogP) is 5.94. The number of ether oxygens (including phenoxy) is 1. The van der Waals surface area contributed by atoms with Crippen molar-refractivity contribution in [3.63, 3.8) is 0 Å². The van der Waals surface area contributed by atoms with Crippen LogP contribution >= 0.6 is 11.6 Å². The maximum absolute atomic E-state index is 12.9. The number of nitrogens with zero attached hydrogens (tertiary/aromatic N) is 1. The molecule has 4 nitrogen and oxygen atoms in total. The number of carbonyl (C=O) groups is 1. The Balaban J connectivity index is 2.28. The number of aromatic nitrogens is 1. The average molecular weight is 394 g/mol. The largest absolute Gasteiger partial charge is 0.507 e. The highest BCUT2D eigenvalue weighted by atomic mass is 35.5. The molecule has 28 heavy (non-hydrogen) atoms. The lowest BCUT2D eigenvalue weighted by molar-refractivity contribution is 0.0527. The second-order valence-electron chi connectivity index (χ2n) is 6.71. The van der Waals surface area contributed by atoms with Crippen molar-refractivity contribution in [2.24, 2.45) is 0 Å². The van der Waals surface area contributed by atoms with Gasteiger partial charge in [-0.15, -0.1) is 0 Å². The Morgan fingerprint density at radius 2 is 1.71 bits per heavy atom. The van der Waals surface area contributed by atoms with Gasteiger partial charge in [0, 0.05) is 27.4 Å². The van der Waals surface area contributed by atoms with E-state index in [0.717, 1.165) is 27.7 Å². The Hall–Kier alpha value is -2.98. The van der Waals surface area contributed by atoms with Gasteiger partial charge in [-0.2, -0.15) is 0 Å². The van der Waals surface area contributed by atoms with Crippen LogP contribution in [0, 0.1) is 13.8 Å². The van der Waals surface area contributed by atoms with Crippen LogP contribution in [0.4, 0.5) is 0 Å². The Bertz CT molecular complexity index is 1240. The number of halogens is 1. The molecule has 142 valence electrons. The minimum Gasteiger partial charge on any atom is -0.507 e. The molecule has 5 heteroatoms. The lowest BCUT2D eigenvalue weighted by Crippen LogP contribution is -2.07. The fourth-order valence-electron chi connectivity index (χ4n) is 3.91. The van der Waals surface area contributed by atoms with Crippen LogP contribution in [-0.2, 0) is 4.74 Å². The van der Waals surface area contributed by atoms with Gasteiger partial charge in [0.1, 0.15) is 5.75 Å². The number of aromatic hydroxyl groups is 1. The van der Waals surface area contributed by atoms with Gasteiger partial charge >= 0.3 is 5.97 Å². The van der Waals surface area contributed by atoms with Crippen LogP contribution in [0.1, 0.15) is 28.5 Å². The molecule has 0 spiro atoms. The smallest absolute Gasteiger partial charge is 0.340 e. The Morgan fingerprint density at radius 3 is 2.39 bits per heavy atom. The third kappa shape index (κ3) is 2.56. The number of hydrogen-bond acceptors (Lipinski definition) is 3. The van der Waals surface area contributed by atoms with E-state index >= 15 is 0 Å². The zero-order valence-corrected chi connectivity index (χ0v) is 16.7. The molecular weight excluding hydrogens is 374 g/mol. The lowest BCUT2D eigenvalue weighted by Gasteiger charge is -2.13. The van der Waals surface area contributed by atoms with E-state index in [1.54, 1.807) is 6.92 Å². The van der Waals surface area contributed by atoms with Crippen LogP contribution < -0.4 is 0 Å². The zero-order chi connectivity index (χ0) is 20.0. The Labute approximate surface area is 167 Å². The molecule has 4 rings (SSSR count). The fraction of sp³-hybridized carbons (Fsp3) is 0.174. The number of phenolic OH excluding ortho intramolecular Hbond substituents is 1. The topological polar surface area (TPSA) is 51.5 Å². The van der Waals surface area contributed by atoms with Crippen molar-refractivity contribution < 1.29 is 14.6 Å². The number of rotatable bonds is 3. The van der Waals surface area contributed by atoms with E-state index in [4.69, 9.17) is 16.3 Å². The van der Waals surface area contributed by atoms with Crippen LogP contribution in [0.25, 0.3) is 27.4 Å². The molecular formula is C23H20ClNO3. The number of phenols is 1. The molecule has 0 unspecified atom stereocenters. The molecule has 1 aromatic heterocycles. The molecule has 0 amide bonds. The van der Waals surface area contributed by atoms with Gasteiger partial charge in [-0.3, -0.25) is 0 Å². The molecule has 0 radical (unpaired) electrons. The van der Waals surface area contributed by atoms with Gasteiger partial charge in [-0.25, -0.2) is 4.79 Å². The standard InChI is InChI=1S/C23H20ClNO3/c1-4-28-23(27)20-14(3)25(18-12-8-7-11-17(18)24)21-15-9-5-6-10-16(15)22(26)13(2)19(20)21/h5-12,26H,4H2,1-3H3. The summed E-state index contributed by atoms with van der Waals surface area (Å²) in [5.74, 6) is -0.237. The van der Waals surface area contributed by atoms with Crippen molar-refractivity contribution >= 4 is 39.2 Å².